The molecule has 3 amide bonds. The average molecular weight is 299 g/mol. The van der Waals surface area contributed by atoms with Gasteiger partial charge in [0.05, 0.1) is 5.41 Å². The molecule has 0 spiro atoms. The van der Waals surface area contributed by atoms with Crippen molar-refractivity contribution in [2.45, 2.75) is 33.6 Å². The van der Waals surface area contributed by atoms with E-state index in [9.17, 15) is 19.5 Å². The molecule has 1 atom stereocenters. The minimum atomic E-state index is -0.838. The zero-order valence-corrected chi connectivity index (χ0v) is 12.9. The number of piperidine rings is 1. The van der Waals surface area contributed by atoms with Crippen LogP contribution in [0.5, 0.6) is 0 Å². The third-order valence-electron chi connectivity index (χ3n) is 4.06. The Labute approximate surface area is 125 Å². The maximum absolute atomic E-state index is 12.0. The predicted octanol–water partition coefficient (Wildman–Crippen LogP) is 0.655. The number of carboxylic acids is 1. The van der Waals surface area contributed by atoms with Crippen molar-refractivity contribution >= 4 is 17.9 Å². The topological polar surface area (TPSA) is 98.7 Å². The summed E-state index contributed by atoms with van der Waals surface area (Å²) in [5.41, 5.74) is -0.838. The van der Waals surface area contributed by atoms with E-state index < -0.39 is 11.4 Å². The molecule has 1 saturated heterocycles. The van der Waals surface area contributed by atoms with Crippen LogP contribution in [0.15, 0.2) is 0 Å². The van der Waals surface area contributed by atoms with Crippen molar-refractivity contribution in [3.05, 3.63) is 0 Å². The molecule has 120 valence electrons. The number of hydrogen-bond donors (Lipinski definition) is 3. The maximum atomic E-state index is 12.0. The van der Waals surface area contributed by atoms with Crippen molar-refractivity contribution < 1.29 is 19.5 Å². The Balaban J connectivity index is 2.46. The number of rotatable bonds is 5. The zero-order valence-electron chi connectivity index (χ0n) is 12.9. The van der Waals surface area contributed by atoms with Crippen molar-refractivity contribution in [3.8, 4) is 0 Å². The van der Waals surface area contributed by atoms with Gasteiger partial charge < -0.3 is 20.6 Å². The van der Waals surface area contributed by atoms with E-state index in [0.717, 1.165) is 12.8 Å². The van der Waals surface area contributed by atoms with Crippen LogP contribution in [0.4, 0.5) is 4.79 Å². The SMILES string of the molecule is CC(=O)NCCNC(=O)N1CCCC(C(C)(C)C(=O)O)C1. The zero-order chi connectivity index (χ0) is 16.0. The Hall–Kier alpha value is -1.79. The highest BCUT2D eigenvalue weighted by molar-refractivity contribution is 5.76. The minimum absolute atomic E-state index is 0.0511. The van der Waals surface area contributed by atoms with Gasteiger partial charge in [-0.25, -0.2) is 4.79 Å². The molecule has 1 rings (SSSR count). The Morgan fingerprint density at radius 3 is 2.43 bits per heavy atom. The summed E-state index contributed by atoms with van der Waals surface area (Å²) in [6.07, 6.45) is 1.62. The van der Waals surface area contributed by atoms with Crippen molar-refractivity contribution in [2.24, 2.45) is 11.3 Å². The standard InChI is InChI=1S/C14H25N3O4/c1-10(18)15-6-7-16-13(21)17-8-4-5-11(9-17)14(2,3)12(19)20/h11H,4-9H2,1-3H3,(H,15,18)(H,16,21)(H,19,20). The van der Waals surface area contributed by atoms with Crippen LogP contribution in [-0.2, 0) is 9.59 Å². The Kier molecular flexibility index (Phi) is 5.99. The Bertz CT molecular complexity index is 409. The lowest BCUT2D eigenvalue weighted by Crippen LogP contribution is -2.50. The molecule has 3 N–H and O–H groups in total. The van der Waals surface area contributed by atoms with Crippen molar-refractivity contribution in [2.75, 3.05) is 26.2 Å². The number of hydrogen-bond acceptors (Lipinski definition) is 3. The lowest BCUT2D eigenvalue weighted by Gasteiger charge is -2.39. The molecule has 1 heterocycles. The maximum Gasteiger partial charge on any atom is 0.317 e. The van der Waals surface area contributed by atoms with E-state index in [1.54, 1.807) is 18.7 Å². The second-order valence-electron chi connectivity index (χ2n) is 6.03. The third-order valence-corrected chi connectivity index (χ3v) is 4.06. The summed E-state index contributed by atoms with van der Waals surface area (Å²) in [5.74, 6) is -1.02. The number of carboxylic acid groups (broad SMARTS) is 1. The highest BCUT2D eigenvalue weighted by atomic mass is 16.4. The Morgan fingerprint density at radius 1 is 1.24 bits per heavy atom. The monoisotopic (exact) mass is 299 g/mol. The minimum Gasteiger partial charge on any atom is -0.481 e. The van der Waals surface area contributed by atoms with Gasteiger partial charge in [-0.15, -0.1) is 0 Å². The average Bonchev–Trinajstić information content (AvgIpc) is 2.43. The van der Waals surface area contributed by atoms with Gasteiger partial charge in [-0.2, -0.15) is 0 Å². The predicted molar refractivity (Wildman–Crippen MR) is 77.8 cm³/mol. The van der Waals surface area contributed by atoms with Crippen LogP contribution in [0, 0.1) is 11.3 Å². The van der Waals surface area contributed by atoms with Crippen LogP contribution < -0.4 is 10.6 Å². The van der Waals surface area contributed by atoms with E-state index in [2.05, 4.69) is 10.6 Å². The van der Waals surface area contributed by atoms with Gasteiger partial charge in [0.1, 0.15) is 0 Å². The molecule has 0 aromatic heterocycles. The van der Waals surface area contributed by atoms with Gasteiger partial charge in [0, 0.05) is 33.1 Å². The molecule has 0 aromatic carbocycles. The van der Waals surface area contributed by atoms with E-state index in [1.807, 2.05) is 0 Å². The molecular formula is C14H25N3O4. The van der Waals surface area contributed by atoms with E-state index in [4.69, 9.17) is 0 Å². The molecule has 0 radical (unpaired) electrons. The normalized spacial score (nSPS) is 19.0. The van der Waals surface area contributed by atoms with Gasteiger partial charge in [0.2, 0.25) is 5.91 Å². The first-order valence-corrected chi connectivity index (χ1v) is 7.25. The molecule has 0 saturated carbocycles. The van der Waals surface area contributed by atoms with Gasteiger partial charge in [-0.3, -0.25) is 9.59 Å². The van der Waals surface area contributed by atoms with Gasteiger partial charge >= 0.3 is 12.0 Å². The van der Waals surface area contributed by atoms with Crippen LogP contribution in [0.1, 0.15) is 33.6 Å². The molecule has 7 nitrogen and oxygen atoms in total. The summed E-state index contributed by atoms with van der Waals surface area (Å²) in [5, 5.41) is 14.6. The number of nitrogens with zero attached hydrogens (tertiary/aromatic N) is 1. The molecule has 1 aliphatic rings. The summed E-state index contributed by atoms with van der Waals surface area (Å²) in [4.78, 5) is 35.7. The second-order valence-corrected chi connectivity index (χ2v) is 6.03. The molecule has 1 fully saturated rings. The van der Waals surface area contributed by atoms with E-state index >= 15 is 0 Å². The number of nitrogens with one attached hydrogen (secondary N) is 2. The molecule has 1 unspecified atom stereocenters. The number of likely N-dealkylation sites (tertiary alicyclic amines) is 1. The number of carbonyl (C=O) groups excluding carboxylic acids is 2. The van der Waals surface area contributed by atoms with Crippen LogP contribution in [0.25, 0.3) is 0 Å². The summed E-state index contributed by atoms with van der Waals surface area (Å²) in [7, 11) is 0. The van der Waals surface area contributed by atoms with Gasteiger partial charge in [-0.05, 0) is 32.6 Å². The quantitative estimate of drug-likeness (QED) is 0.649. The van der Waals surface area contributed by atoms with Crippen LogP contribution >= 0.6 is 0 Å². The van der Waals surface area contributed by atoms with Gasteiger partial charge in [0.25, 0.3) is 0 Å². The first-order chi connectivity index (χ1) is 9.75. The summed E-state index contributed by atoms with van der Waals surface area (Å²) >= 11 is 0. The number of urea groups is 1. The van der Waals surface area contributed by atoms with Gasteiger partial charge in [-0.1, -0.05) is 0 Å². The molecule has 7 heteroatoms. The van der Waals surface area contributed by atoms with E-state index in [-0.39, 0.29) is 17.9 Å². The largest absolute Gasteiger partial charge is 0.481 e. The Morgan fingerprint density at radius 2 is 1.86 bits per heavy atom. The molecule has 0 aromatic rings. The molecular weight excluding hydrogens is 274 g/mol. The van der Waals surface area contributed by atoms with E-state index in [0.29, 0.717) is 26.2 Å². The lowest BCUT2D eigenvalue weighted by atomic mass is 9.74. The number of aliphatic carboxylic acids is 1. The fourth-order valence-electron chi connectivity index (χ4n) is 2.45. The summed E-state index contributed by atoms with van der Waals surface area (Å²) < 4.78 is 0. The fourth-order valence-corrected chi connectivity index (χ4v) is 2.45. The first-order valence-electron chi connectivity index (χ1n) is 7.25. The van der Waals surface area contributed by atoms with Crippen LogP contribution in [0.3, 0.4) is 0 Å². The third kappa shape index (κ3) is 4.91. The smallest absolute Gasteiger partial charge is 0.317 e. The molecule has 21 heavy (non-hydrogen) atoms. The van der Waals surface area contributed by atoms with Crippen molar-refractivity contribution in [3.63, 3.8) is 0 Å². The second kappa shape index (κ2) is 7.28. The highest BCUT2D eigenvalue weighted by Crippen LogP contribution is 2.34. The first kappa shape index (κ1) is 17.3. The summed E-state index contributed by atoms with van der Waals surface area (Å²) in [6, 6.07) is -0.203. The van der Waals surface area contributed by atoms with E-state index in [1.165, 1.54) is 6.92 Å². The lowest BCUT2D eigenvalue weighted by molar-refractivity contribution is -0.151. The van der Waals surface area contributed by atoms with Gasteiger partial charge in [0.15, 0.2) is 0 Å². The van der Waals surface area contributed by atoms with Crippen LogP contribution in [0.2, 0.25) is 0 Å². The molecule has 1 aliphatic heterocycles. The molecule has 0 bridgehead atoms. The number of carbonyl (C=O) groups is 3. The number of amides is 3. The summed E-state index contributed by atoms with van der Waals surface area (Å²) in [6.45, 7) is 6.67. The fraction of sp³-hybridized carbons (Fsp3) is 0.786. The van der Waals surface area contributed by atoms with Crippen LogP contribution in [-0.4, -0.2) is 54.1 Å². The molecule has 0 aliphatic carbocycles. The van der Waals surface area contributed by atoms with Crippen molar-refractivity contribution in [1.82, 2.24) is 15.5 Å². The van der Waals surface area contributed by atoms with Crippen molar-refractivity contribution in [1.29, 1.82) is 0 Å². The highest BCUT2D eigenvalue weighted by Gasteiger charge is 2.39.